The zero-order valence-electron chi connectivity index (χ0n) is 9.72. The quantitative estimate of drug-likeness (QED) is 0.441. The summed E-state index contributed by atoms with van der Waals surface area (Å²) in [5, 5.41) is 22.2. The Hall–Kier alpha value is -1.49. The van der Waals surface area contributed by atoms with Crippen LogP contribution in [0, 0.1) is 19.5 Å². The molecule has 0 saturated carbocycles. The number of hydrogen-bond donors (Lipinski definition) is 2. The van der Waals surface area contributed by atoms with Crippen molar-refractivity contribution >= 4 is 39.9 Å². The molecule has 0 spiro atoms. The molecule has 0 amide bonds. The lowest BCUT2D eigenvalue weighted by Crippen LogP contribution is -2.33. The molecule has 1 unspecified atom stereocenters. The Morgan fingerprint density at radius 1 is 1.68 bits per heavy atom. The molecule has 0 saturated heterocycles. The van der Waals surface area contributed by atoms with Crippen molar-refractivity contribution in [2.24, 2.45) is 0 Å². The first-order valence-electron chi connectivity index (χ1n) is 4.98. The molecule has 0 radical (unpaired) electrons. The van der Waals surface area contributed by atoms with Crippen LogP contribution in [0.5, 0.6) is 0 Å². The third-order valence-electron chi connectivity index (χ3n) is 2.20. The smallest absolute Gasteiger partial charge is 0.328 e. The van der Waals surface area contributed by atoms with Crippen LogP contribution in [-0.2, 0) is 9.53 Å². The molecule has 0 fully saturated rings. The molecule has 0 aliphatic rings. The number of nitro groups is 1. The summed E-state index contributed by atoms with van der Waals surface area (Å²) >= 11 is 1.62. The minimum atomic E-state index is -1.25. The van der Waals surface area contributed by atoms with Crippen LogP contribution in [0.1, 0.15) is 0 Å². The monoisotopic (exact) mass is 384 g/mol. The van der Waals surface area contributed by atoms with Gasteiger partial charge in [0.05, 0.1) is 15.1 Å². The van der Waals surface area contributed by atoms with Crippen molar-refractivity contribution < 1.29 is 24.0 Å². The molecule has 9 heteroatoms. The van der Waals surface area contributed by atoms with Crippen molar-refractivity contribution in [2.75, 3.05) is 19.0 Å². The third-order valence-corrected chi connectivity index (χ3v) is 3.02. The molecule has 0 aliphatic heterocycles. The number of carboxylic acid groups (broad SMARTS) is 1. The van der Waals surface area contributed by atoms with E-state index in [4.69, 9.17) is 5.11 Å². The molecular formula is C10H10FIN2O5. The maximum absolute atomic E-state index is 13.4. The number of aliphatic carboxylic acids is 1. The number of carbonyl (C=O) groups is 1. The van der Waals surface area contributed by atoms with Gasteiger partial charge in [0.2, 0.25) is 0 Å². The number of nitrogens with zero attached hydrogens (tertiary/aromatic N) is 1. The van der Waals surface area contributed by atoms with E-state index in [-0.39, 0.29) is 15.9 Å². The number of rotatable bonds is 6. The van der Waals surface area contributed by atoms with Gasteiger partial charge in [0.25, 0.3) is 5.69 Å². The number of nitro benzene ring substituents is 1. The van der Waals surface area contributed by atoms with Gasteiger partial charge in [-0.15, -0.1) is 0 Å². The lowest BCUT2D eigenvalue weighted by molar-refractivity contribution is -0.384. The van der Waals surface area contributed by atoms with E-state index in [2.05, 4.69) is 10.1 Å². The van der Waals surface area contributed by atoms with Gasteiger partial charge in [0, 0.05) is 19.2 Å². The van der Waals surface area contributed by atoms with Gasteiger partial charge in [0.1, 0.15) is 17.5 Å². The van der Waals surface area contributed by atoms with Crippen LogP contribution in [-0.4, -0.2) is 35.8 Å². The number of hydrogen-bond acceptors (Lipinski definition) is 5. The highest BCUT2D eigenvalue weighted by molar-refractivity contribution is 14.1. The Bertz CT molecular complexity index is 511. The van der Waals surface area contributed by atoms with Gasteiger partial charge in [-0.2, -0.15) is 0 Å². The van der Waals surface area contributed by atoms with Crippen LogP contribution in [0.4, 0.5) is 15.8 Å². The molecule has 1 atom stereocenters. The van der Waals surface area contributed by atoms with E-state index in [1.54, 1.807) is 22.6 Å². The first-order chi connectivity index (χ1) is 8.86. The van der Waals surface area contributed by atoms with Gasteiger partial charge in [0.15, 0.2) is 0 Å². The van der Waals surface area contributed by atoms with Crippen LogP contribution in [0.2, 0.25) is 0 Å². The molecule has 1 rings (SSSR count). The number of anilines is 1. The number of nitrogens with one attached hydrogen (secondary N) is 1. The Morgan fingerprint density at radius 3 is 2.79 bits per heavy atom. The second kappa shape index (κ2) is 6.61. The van der Waals surface area contributed by atoms with E-state index < -0.39 is 28.4 Å². The average molecular weight is 384 g/mol. The van der Waals surface area contributed by atoms with E-state index in [1.165, 1.54) is 7.11 Å². The fourth-order valence-corrected chi connectivity index (χ4v) is 1.78. The summed E-state index contributed by atoms with van der Waals surface area (Å²) < 4.78 is 18.2. The molecule has 104 valence electrons. The van der Waals surface area contributed by atoms with E-state index in [0.29, 0.717) is 0 Å². The third kappa shape index (κ3) is 3.99. The molecule has 1 aromatic rings. The second-order valence-corrected chi connectivity index (χ2v) is 4.69. The lowest BCUT2D eigenvalue weighted by Gasteiger charge is -2.15. The molecule has 0 aromatic heterocycles. The van der Waals surface area contributed by atoms with Crippen molar-refractivity contribution in [3.05, 3.63) is 31.6 Å². The van der Waals surface area contributed by atoms with Crippen molar-refractivity contribution in [3.8, 4) is 0 Å². The Balaban J connectivity index is 3.14. The topological polar surface area (TPSA) is 102 Å². The highest BCUT2D eigenvalue weighted by atomic mass is 127. The molecule has 0 bridgehead atoms. The van der Waals surface area contributed by atoms with Crippen molar-refractivity contribution in [1.29, 1.82) is 0 Å². The van der Waals surface area contributed by atoms with Gasteiger partial charge >= 0.3 is 5.97 Å². The van der Waals surface area contributed by atoms with E-state index >= 15 is 0 Å². The number of benzene rings is 1. The van der Waals surface area contributed by atoms with Crippen molar-refractivity contribution in [3.63, 3.8) is 0 Å². The molecule has 1 aromatic carbocycles. The minimum absolute atomic E-state index is 0.0773. The maximum Gasteiger partial charge on any atom is 0.328 e. The lowest BCUT2D eigenvalue weighted by atomic mass is 10.2. The summed E-state index contributed by atoms with van der Waals surface area (Å²) in [6, 6.07) is 0.721. The normalized spacial score (nSPS) is 11.9. The maximum atomic E-state index is 13.4. The van der Waals surface area contributed by atoms with Crippen molar-refractivity contribution in [1.82, 2.24) is 0 Å². The summed E-state index contributed by atoms with van der Waals surface area (Å²) in [5.41, 5.74) is -0.597. The summed E-state index contributed by atoms with van der Waals surface area (Å²) in [4.78, 5) is 21.1. The Morgan fingerprint density at radius 2 is 2.32 bits per heavy atom. The molecule has 0 aliphatic carbocycles. The minimum Gasteiger partial charge on any atom is -0.480 e. The fourth-order valence-electron chi connectivity index (χ4n) is 1.33. The van der Waals surface area contributed by atoms with Crippen molar-refractivity contribution in [2.45, 2.75) is 6.04 Å². The average Bonchev–Trinajstić information content (AvgIpc) is 2.32. The summed E-state index contributed by atoms with van der Waals surface area (Å²) in [6.45, 7) is -0.208. The number of ether oxygens (including phenoxy) is 1. The standard InChI is InChI=1S/C10H10FIN2O5/c1-19-4-8(10(15)16)13-7-2-5(11)6(12)3-9(7)14(17)18/h2-3,8,13H,4H2,1H3,(H,15,16). The van der Waals surface area contributed by atoms with Crippen LogP contribution in [0.25, 0.3) is 0 Å². The van der Waals surface area contributed by atoms with Crippen LogP contribution in [0.3, 0.4) is 0 Å². The second-order valence-electron chi connectivity index (χ2n) is 3.53. The number of methoxy groups -OCH3 is 1. The van der Waals surface area contributed by atoms with E-state index in [9.17, 15) is 19.3 Å². The SMILES string of the molecule is COCC(Nc1cc(F)c(I)cc1[N+](=O)[O-])C(=O)O. The van der Waals surface area contributed by atoms with Gasteiger partial charge in [-0.1, -0.05) is 0 Å². The highest BCUT2D eigenvalue weighted by Crippen LogP contribution is 2.29. The summed E-state index contributed by atoms with van der Waals surface area (Å²) in [7, 11) is 1.29. The zero-order valence-corrected chi connectivity index (χ0v) is 11.9. The van der Waals surface area contributed by atoms with Crippen LogP contribution >= 0.6 is 22.6 Å². The fraction of sp³-hybridized carbons (Fsp3) is 0.300. The van der Waals surface area contributed by atoms with E-state index in [0.717, 1.165) is 12.1 Å². The van der Waals surface area contributed by atoms with Gasteiger partial charge in [-0.3, -0.25) is 10.1 Å². The first kappa shape index (κ1) is 15.6. The van der Waals surface area contributed by atoms with Crippen LogP contribution in [0.15, 0.2) is 12.1 Å². The van der Waals surface area contributed by atoms with Gasteiger partial charge in [-0.05, 0) is 22.6 Å². The largest absolute Gasteiger partial charge is 0.480 e. The predicted octanol–water partition coefficient (Wildman–Crippen LogP) is 1.85. The van der Waals surface area contributed by atoms with Gasteiger partial charge < -0.3 is 15.2 Å². The Kier molecular flexibility index (Phi) is 5.42. The molecule has 7 nitrogen and oxygen atoms in total. The summed E-state index contributed by atoms with van der Waals surface area (Å²) in [5.74, 6) is -1.93. The first-order valence-corrected chi connectivity index (χ1v) is 6.06. The molecule has 19 heavy (non-hydrogen) atoms. The highest BCUT2D eigenvalue weighted by Gasteiger charge is 2.23. The predicted molar refractivity (Wildman–Crippen MR) is 72.7 cm³/mol. The van der Waals surface area contributed by atoms with E-state index in [1.807, 2.05) is 0 Å². The number of halogens is 2. The molecular weight excluding hydrogens is 374 g/mol. The molecule has 0 heterocycles. The Labute approximate surface area is 121 Å². The molecule has 2 N–H and O–H groups in total. The van der Waals surface area contributed by atoms with Gasteiger partial charge in [-0.25, -0.2) is 9.18 Å². The van der Waals surface area contributed by atoms with Crippen LogP contribution < -0.4 is 5.32 Å². The summed E-state index contributed by atoms with van der Waals surface area (Å²) in [6.07, 6.45) is 0. The zero-order chi connectivity index (χ0) is 14.6. The number of carboxylic acids is 1.